The Labute approximate surface area is 132 Å². The quantitative estimate of drug-likeness (QED) is 0.588. The van der Waals surface area contributed by atoms with Crippen molar-refractivity contribution in [1.29, 1.82) is 0 Å². The van der Waals surface area contributed by atoms with Gasteiger partial charge in [0.15, 0.2) is 5.43 Å². The number of fused-ring (bicyclic) bond motifs is 1. The first-order valence-electron chi connectivity index (χ1n) is 7.10. The van der Waals surface area contributed by atoms with Crippen molar-refractivity contribution in [3.63, 3.8) is 0 Å². The van der Waals surface area contributed by atoms with Crippen LogP contribution in [0.2, 0.25) is 0 Å². The number of aromatic nitrogens is 1. The topological polar surface area (TPSA) is 76.0 Å². The number of hydrogen-bond donors (Lipinski definition) is 1. The van der Waals surface area contributed by atoms with Crippen molar-refractivity contribution in [3.05, 3.63) is 85.7 Å². The van der Waals surface area contributed by atoms with Crippen molar-refractivity contribution in [2.24, 2.45) is 0 Å². The maximum absolute atomic E-state index is 12.6. The van der Waals surface area contributed by atoms with E-state index >= 15 is 0 Å². The molecule has 5 nitrogen and oxygen atoms in total. The van der Waals surface area contributed by atoms with E-state index in [-0.39, 0.29) is 11.1 Å². The minimum atomic E-state index is -0.439. The zero-order valence-electron chi connectivity index (χ0n) is 12.4. The third kappa shape index (κ3) is 2.89. The van der Waals surface area contributed by atoms with Crippen LogP contribution in [0.3, 0.4) is 0 Å². The molecule has 0 atom stereocenters. The average molecular weight is 306 g/mol. The molecule has 0 aliphatic carbocycles. The predicted octanol–water partition coefficient (Wildman–Crippen LogP) is 3.92. The van der Waals surface area contributed by atoms with E-state index in [0.29, 0.717) is 16.5 Å². The SMILES string of the molecule is Cc1[nH]c2ccccc2c(=O)c1/C=C/c1cccc([N+](=O)[O-])c1. The van der Waals surface area contributed by atoms with Crippen LogP contribution in [0, 0.1) is 17.0 Å². The fourth-order valence-electron chi connectivity index (χ4n) is 2.50. The summed E-state index contributed by atoms with van der Waals surface area (Å²) in [5.41, 5.74) is 2.74. The number of rotatable bonds is 3. The Morgan fingerprint density at radius 1 is 1.09 bits per heavy atom. The summed E-state index contributed by atoms with van der Waals surface area (Å²) in [5.74, 6) is 0. The monoisotopic (exact) mass is 306 g/mol. The van der Waals surface area contributed by atoms with Gasteiger partial charge in [0, 0.05) is 34.3 Å². The van der Waals surface area contributed by atoms with Crippen LogP contribution in [0.25, 0.3) is 23.1 Å². The minimum Gasteiger partial charge on any atom is -0.358 e. The van der Waals surface area contributed by atoms with Crippen molar-refractivity contribution >= 4 is 28.7 Å². The summed E-state index contributed by atoms with van der Waals surface area (Å²) in [4.78, 5) is 26.1. The molecule has 5 heteroatoms. The van der Waals surface area contributed by atoms with Crippen LogP contribution >= 0.6 is 0 Å². The van der Waals surface area contributed by atoms with E-state index in [9.17, 15) is 14.9 Å². The average Bonchev–Trinajstić information content (AvgIpc) is 2.55. The maximum atomic E-state index is 12.6. The molecule has 0 bridgehead atoms. The van der Waals surface area contributed by atoms with Crippen molar-refractivity contribution < 1.29 is 4.92 Å². The molecule has 0 saturated heterocycles. The van der Waals surface area contributed by atoms with Gasteiger partial charge in [0.2, 0.25) is 0 Å². The summed E-state index contributed by atoms with van der Waals surface area (Å²) < 4.78 is 0. The van der Waals surface area contributed by atoms with Gasteiger partial charge < -0.3 is 4.98 Å². The molecule has 3 aromatic rings. The Morgan fingerprint density at radius 2 is 1.87 bits per heavy atom. The molecule has 0 saturated carbocycles. The molecule has 2 aromatic carbocycles. The molecule has 0 fully saturated rings. The minimum absolute atomic E-state index is 0.0243. The summed E-state index contributed by atoms with van der Waals surface area (Å²) in [6.45, 7) is 1.83. The van der Waals surface area contributed by atoms with E-state index < -0.39 is 4.92 Å². The predicted molar refractivity (Wildman–Crippen MR) is 91.3 cm³/mol. The number of H-pyrrole nitrogens is 1. The number of nitro groups is 1. The standard InChI is InChI=1S/C18H14N2O3/c1-12-15(18(21)16-7-2-3-8-17(16)19-12)10-9-13-5-4-6-14(11-13)20(22)23/h2-11H,1H3,(H,19,21)/b10-9+. The Hall–Kier alpha value is -3.21. The first-order chi connectivity index (χ1) is 11.1. The van der Waals surface area contributed by atoms with Crippen molar-refractivity contribution in [2.45, 2.75) is 6.92 Å². The molecule has 3 rings (SSSR count). The van der Waals surface area contributed by atoms with Gasteiger partial charge in [-0.25, -0.2) is 0 Å². The molecular weight excluding hydrogens is 292 g/mol. The van der Waals surface area contributed by atoms with Gasteiger partial charge in [0.05, 0.1) is 4.92 Å². The van der Waals surface area contributed by atoms with Crippen LogP contribution in [0.1, 0.15) is 16.8 Å². The third-order valence-corrected chi connectivity index (χ3v) is 3.67. The number of aromatic amines is 1. The number of nitro benzene ring substituents is 1. The molecule has 0 aliphatic heterocycles. The summed E-state index contributed by atoms with van der Waals surface area (Å²) >= 11 is 0. The molecule has 114 valence electrons. The highest BCUT2D eigenvalue weighted by atomic mass is 16.6. The molecule has 0 radical (unpaired) electrons. The molecule has 0 spiro atoms. The zero-order valence-corrected chi connectivity index (χ0v) is 12.4. The Kier molecular flexibility index (Phi) is 3.76. The molecule has 0 aliphatic rings. The van der Waals surface area contributed by atoms with E-state index in [4.69, 9.17) is 0 Å². The maximum Gasteiger partial charge on any atom is 0.270 e. The second kappa shape index (κ2) is 5.88. The number of pyridine rings is 1. The summed E-state index contributed by atoms with van der Waals surface area (Å²) in [6, 6.07) is 13.6. The van der Waals surface area contributed by atoms with E-state index in [1.54, 1.807) is 30.4 Å². The second-order valence-corrected chi connectivity index (χ2v) is 5.22. The van der Waals surface area contributed by atoms with Gasteiger partial charge in [0.1, 0.15) is 0 Å². The fraction of sp³-hybridized carbons (Fsp3) is 0.0556. The molecule has 23 heavy (non-hydrogen) atoms. The third-order valence-electron chi connectivity index (χ3n) is 3.67. The second-order valence-electron chi connectivity index (χ2n) is 5.22. The lowest BCUT2D eigenvalue weighted by Crippen LogP contribution is -2.09. The number of nitrogens with zero attached hydrogens (tertiary/aromatic N) is 1. The van der Waals surface area contributed by atoms with Crippen molar-refractivity contribution in [1.82, 2.24) is 4.98 Å². The lowest BCUT2D eigenvalue weighted by atomic mass is 10.1. The van der Waals surface area contributed by atoms with Crippen molar-refractivity contribution in [3.8, 4) is 0 Å². The molecule has 1 heterocycles. The van der Waals surface area contributed by atoms with Crippen LogP contribution < -0.4 is 5.43 Å². The Balaban J connectivity index is 2.06. The van der Waals surface area contributed by atoms with Crippen LogP contribution in [0.15, 0.2) is 53.3 Å². The first-order valence-corrected chi connectivity index (χ1v) is 7.10. The first kappa shape index (κ1) is 14.7. The van der Waals surface area contributed by atoms with E-state index in [2.05, 4.69) is 4.98 Å². The van der Waals surface area contributed by atoms with E-state index in [0.717, 1.165) is 11.2 Å². The molecular formula is C18H14N2O3. The van der Waals surface area contributed by atoms with Gasteiger partial charge in [-0.15, -0.1) is 0 Å². The van der Waals surface area contributed by atoms with E-state index in [1.165, 1.54) is 12.1 Å². The number of aryl methyl sites for hydroxylation is 1. The smallest absolute Gasteiger partial charge is 0.270 e. The number of hydrogen-bond acceptors (Lipinski definition) is 3. The lowest BCUT2D eigenvalue weighted by molar-refractivity contribution is -0.384. The van der Waals surface area contributed by atoms with Crippen molar-refractivity contribution in [2.75, 3.05) is 0 Å². The normalized spacial score (nSPS) is 11.2. The summed E-state index contributed by atoms with van der Waals surface area (Å²) in [6.07, 6.45) is 3.40. The van der Waals surface area contributed by atoms with Crippen LogP contribution in [0.5, 0.6) is 0 Å². The number of benzene rings is 2. The van der Waals surface area contributed by atoms with Gasteiger partial charge >= 0.3 is 0 Å². The van der Waals surface area contributed by atoms with Gasteiger partial charge in [-0.3, -0.25) is 14.9 Å². The van der Waals surface area contributed by atoms with E-state index in [1.807, 2.05) is 25.1 Å². The van der Waals surface area contributed by atoms with Gasteiger partial charge in [-0.2, -0.15) is 0 Å². The highest BCUT2D eigenvalue weighted by Gasteiger charge is 2.07. The molecule has 0 unspecified atom stereocenters. The zero-order chi connectivity index (χ0) is 16.4. The van der Waals surface area contributed by atoms with Gasteiger partial charge in [0.25, 0.3) is 5.69 Å². The number of non-ortho nitro benzene ring substituents is 1. The van der Waals surface area contributed by atoms with Crippen LogP contribution in [-0.2, 0) is 0 Å². The van der Waals surface area contributed by atoms with Gasteiger partial charge in [-0.05, 0) is 30.7 Å². The van der Waals surface area contributed by atoms with Gasteiger partial charge in [-0.1, -0.05) is 30.3 Å². The molecule has 1 N–H and O–H groups in total. The lowest BCUT2D eigenvalue weighted by Gasteiger charge is -2.04. The Bertz CT molecular complexity index is 987. The summed E-state index contributed by atoms with van der Waals surface area (Å²) in [7, 11) is 0. The highest BCUT2D eigenvalue weighted by molar-refractivity contribution is 5.83. The largest absolute Gasteiger partial charge is 0.358 e. The highest BCUT2D eigenvalue weighted by Crippen LogP contribution is 2.17. The molecule has 0 amide bonds. The number of para-hydroxylation sites is 1. The fourth-order valence-corrected chi connectivity index (χ4v) is 2.50. The molecule has 1 aromatic heterocycles. The Morgan fingerprint density at radius 3 is 2.65 bits per heavy atom. The van der Waals surface area contributed by atoms with Crippen LogP contribution in [0.4, 0.5) is 5.69 Å². The number of nitrogens with one attached hydrogen (secondary N) is 1. The van der Waals surface area contributed by atoms with Crippen LogP contribution in [-0.4, -0.2) is 9.91 Å². The summed E-state index contributed by atoms with van der Waals surface area (Å²) in [5, 5.41) is 11.4.